The van der Waals surface area contributed by atoms with E-state index in [0.29, 0.717) is 43.7 Å². The summed E-state index contributed by atoms with van der Waals surface area (Å²) in [5.41, 5.74) is 1.68. The molecule has 2 aliphatic rings. The summed E-state index contributed by atoms with van der Waals surface area (Å²) in [6.45, 7) is 4.45. The number of benzene rings is 2. The molecule has 180 valence electrons. The van der Waals surface area contributed by atoms with Gasteiger partial charge in [0.25, 0.3) is 0 Å². The van der Waals surface area contributed by atoms with E-state index in [-0.39, 0.29) is 18.5 Å². The molecule has 3 atom stereocenters. The fraction of sp³-hybridized carbons (Fsp3) is 0.440. The van der Waals surface area contributed by atoms with Crippen LogP contribution in [0.4, 0.5) is 10.1 Å². The molecule has 1 unspecified atom stereocenters. The van der Waals surface area contributed by atoms with Crippen molar-refractivity contribution in [3.05, 3.63) is 65.5 Å². The smallest absolute Gasteiger partial charge is 0.221 e. The van der Waals surface area contributed by atoms with Gasteiger partial charge in [0.2, 0.25) is 15.9 Å². The standard InChI is InChI=1S/C25H29FN4O3S/c1-18-8-11-25(20-6-4-3-5-7-20)34(32,33)30(18)16-21-9-10-22(14-24(21)26)28-12-13-29(19(2)31)23(15-27)17-28/h3-7,9-10,14,18,23,25H,8,11-13,16-17H2,1-2H3/t18-,23+,25?/m0/s1. The molecule has 2 aromatic carbocycles. The van der Waals surface area contributed by atoms with Crippen molar-refractivity contribution in [1.29, 1.82) is 5.26 Å². The van der Waals surface area contributed by atoms with E-state index >= 15 is 4.39 Å². The lowest BCUT2D eigenvalue weighted by atomic mass is 10.0. The Morgan fingerprint density at radius 1 is 1.15 bits per heavy atom. The van der Waals surface area contributed by atoms with Crippen LogP contribution in [-0.2, 0) is 21.4 Å². The zero-order valence-electron chi connectivity index (χ0n) is 19.4. The second-order valence-corrected chi connectivity index (χ2v) is 11.1. The first-order chi connectivity index (χ1) is 16.2. The lowest BCUT2D eigenvalue weighted by Crippen LogP contribution is -2.54. The number of sulfonamides is 1. The molecule has 9 heteroatoms. The van der Waals surface area contributed by atoms with Gasteiger partial charge in [0.15, 0.2) is 0 Å². The van der Waals surface area contributed by atoms with Gasteiger partial charge in [0.1, 0.15) is 17.1 Å². The zero-order valence-corrected chi connectivity index (χ0v) is 20.2. The van der Waals surface area contributed by atoms with E-state index in [9.17, 15) is 18.5 Å². The van der Waals surface area contributed by atoms with Crippen LogP contribution in [0.25, 0.3) is 0 Å². The molecule has 0 aliphatic carbocycles. The summed E-state index contributed by atoms with van der Waals surface area (Å²) < 4.78 is 43.5. The molecule has 2 aromatic rings. The van der Waals surface area contributed by atoms with Gasteiger partial charge in [-0.3, -0.25) is 4.79 Å². The van der Waals surface area contributed by atoms with Crippen LogP contribution in [0.5, 0.6) is 0 Å². The van der Waals surface area contributed by atoms with Crippen molar-refractivity contribution in [2.24, 2.45) is 0 Å². The van der Waals surface area contributed by atoms with Crippen molar-refractivity contribution in [3.8, 4) is 6.07 Å². The molecule has 0 N–H and O–H groups in total. The minimum atomic E-state index is -3.65. The molecule has 34 heavy (non-hydrogen) atoms. The van der Waals surface area contributed by atoms with Crippen LogP contribution in [0.2, 0.25) is 0 Å². The number of hydrogen-bond donors (Lipinski definition) is 0. The predicted octanol–water partition coefficient (Wildman–Crippen LogP) is 3.44. The van der Waals surface area contributed by atoms with Crippen molar-refractivity contribution in [3.63, 3.8) is 0 Å². The molecule has 2 saturated heterocycles. The number of anilines is 1. The Balaban J connectivity index is 1.53. The summed E-state index contributed by atoms with van der Waals surface area (Å²) in [4.78, 5) is 15.1. The molecule has 0 bridgehead atoms. The first-order valence-electron chi connectivity index (χ1n) is 11.5. The number of piperazine rings is 1. The minimum absolute atomic E-state index is 0.0299. The van der Waals surface area contributed by atoms with Gasteiger partial charge in [0, 0.05) is 43.9 Å². The summed E-state index contributed by atoms with van der Waals surface area (Å²) in [5.74, 6) is -0.636. The van der Waals surface area contributed by atoms with Gasteiger partial charge in [0.05, 0.1) is 12.6 Å². The Bertz CT molecular complexity index is 1200. The summed E-state index contributed by atoms with van der Waals surface area (Å²) in [7, 11) is -3.65. The highest BCUT2D eigenvalue weighted by atomic mass is 32.2. The molecule has 0 radical (unpaired) electrons. The summed E-state index contributed by atoms with van der Waals surface area (Å²) in [6.07, 6.45) is 1.24. The summed E-state index contributed by atoms with van der Waals surface area (Å²) >= 11 is 0. The topological polar surface area (TPSA) is 84.7 Å². The van der Waals surface area contributed by atoms with E-state index in [4.69, 9.17) is 0 Å². The molecule has 0 spiro atoms. The third kappa shape index (κ3) is 4.65. The first-order valence-corrected chi connectivity index (χ1v) is 13.0. The number of hydrogen-bond acceptors (Lipinski definition) is 5. The Morgan fingerprint density at radius 2 is 1.88 bits per heavy atom. The van der Waals surface area contributed by atoms with E-state index in [1.165, 1.54) is 22.2 Å². The Labute approximate surface area is 200 Å². The SMILES string of the molecule is CC(=O)N1CCN(c2ccc(CN3[C@@H](C)CCC(c4ccccc4)S3(=O)=O)c(F)c2)C[C@H]1C#N. The van der Waals surface area contributed by atoms with Gasteiger partial charge in [-0.15, -0.1) is 0 Å². The number of carbonyl (C=O) groups is 1. The quantitative estimate of drug-likeness (QED) is 0.664. The Morgan fingerprint density at radius 3 is 2.53 bits per heavy atom. The van der Waals surface area contributed by atoms with Gasteiger partial charge in [-0.2, -0.15) is 9.57 Å². The maximum Gasteiger partial charge on any atom is 0.221 e. The monoisotopic (exact) mass is 484 g/mol. The molecular formula is C25H29FN4O3S. The third-order valence-electron chi connectivity index (χ3n) is 6.86. The molecule has 2 heterocycles. The number of nitriles is 1. The molecule has 4 rings (SSSR count). The molecule has 1 amide bonds. The van der Waals surface area contributed by atoms with Crippen LogP contribution in [0, 0.1) is 17.1 Å². The van der Waals surface area contributed by atoms with E-state index in [0.717, 1.165) is 5.56 Å². The van der Waals surface area contributed by atoms with E-state index in [1.807, 2.05) is 42.2 Å². The van der Waals surface area contributed by atoms with E-state index < -0.39 is 27.1 Å². The fourth-order valence-electron chi connectivity index (χ4n) is 4.89. The predicted molar refractivity (Wildman–Crippen MR) is 128 cm³/mol. The van der Waals surface area contributed by atoms with Crippen LogP contribution in [0.15, 0.2) is 48.5 Å². The average molecular weight is 485 g/mol. The summed E-state index contributed by atoms with van der Waals surface area (Å²) in [6, 6.07) is 15.3. The van der Waals surface area contributed by atoms with Crippen LogP contribution in [0.3, 0.4) is 0 Å². The lowest BCUT2D eigenvalue weighted by Gasteiger charge is -2.39. The second-order valence-electron chi connectivity index (χ2n) is 8.99. The molecule has 2 fully saturated rings. The van der Waals surface area contributed by atoms with Gasteiger partial charge in [-0.1, -0.05) is 36.4 Å². The van der Waals surface area contributed by atoms with Gasteiger partial charge in [-0.25, -0.2) is 12.8 Å². The maximum absolute atomic E-state index is 15.2. The van der Waals surface area contributed by atoms with E-state index in [2.05, 4.69) is 6.07 Å². The van der Waals surface area contributed by atoms with Crippen molar-refractivity contribution >= 4 is 21.6 Å². The van der Waals surface area contributed by atoms with Crippen LogP contribution in [0.1, 0.15) is 43.1 Å². The first kappa shape index (κ1) is 24.2. The van der Waals surface area contributed by atoms with Crippen LogP contribution < -0.4 is 4.90 Å². The van der Waals surface area contributed by atoms with Gasteiger partial charge >= 0.3 is 0 Å². The highest BCUT2D eigenvalue weighted by Gasteiger charge is 2.40. The summed E-state index contributed by atoms with van der Waals surface area (Å²) in [5, 5.41) is 8.79. The average Bonchev–Trinajstić information content (AvgIpc) is 2.82. The van der Waals surface area contributed by atoms with E-state index in [1.54, 1.807) is 12.1 Å². The Kier molecular flexibility index (Phi) is 6.91. The molecular weight excluding hydrogens is 455 g/mol. The van der Waals surface area contributed by atoms with Crippen LogP contribution in [-0.4, -0.2) is 55.2 Å². The number of carbonyl (C=O) groups excluding carboxylic acids is 1. The Hall–Kier alpha value is -2.96. The second kappa shape index (κ2) is 9.72. The van der Waals surface area contributed by atoms with Crippen LogP contribution >= 0.6 is 0 Å². The fourth-order valence-corrected chi connectivity index (χ4v) is 7.07. The maximum atomic E-state index is 15.2. The van der Waals surface area contributed by atoms with Gasteiger partial charge in [-0.05, 0) is 37.5 Å². The van der Waals surface area contributed by atoms with Gasteiger partial charge < -0.3 is 9.80 Å². The number of halogens is 1. The third-order valence-corrected chi connectivity index (χ3v) is 9.23. The lowest BCUT2D eigenvalue weighted by molar-refractivity contribution is -0.130. The highest BCUT2D eigenvalue weighted by molar-refractivity contribution is 7.89. The number of nitrogens with zero attached hydrogens (tertiary/aromatic N) is 4. The van der Waals surface area contributed by atoms with Crippen molar-refractivity contribution in [1.82, 2.24) is 9.21 Å². The van der Waals surface area contributed by atoms with Crippen molar-refractivity contribution in [2.75, 3.05) is 24.5 Å². The van der Waals surface area contributed by atoms with Crippen molar-refractivity contribution < 1.29 is 17.6 Å². The molecule has 0 aromatic heterocycles. The number of rotatable bonds is 4. The van der Waals surface area contributed by atoms with Crippen molar-refractivity contribution in [2.45, 2.75) is 50.6 Å². The minimum Gasteiger partial charge on any atom is -0.367 e. The normalized spacial score (nSPS) is 25.1. The number of amides is 1. The molecule has 2 aliphatic heterocycles. The molecule has 7 nitrogen and oxygen atoms in total. The zero-order chi connectivity index (χ0) is 24.5. The molecule has 0 saturated carbocycles. The highest BCUT2D eigenvalue weighted by Crippen LogP contribution is 2.38. The largest absolute Gasteiger partial charge is 0.367 e.